The second-order valence-corrected chi connectivity index (χ2v) is 11.9. The quantitative estimate of drug-likeness (QED) is 0.789. The van der Waals surface area contributed by atoms with Gasteiger partial charge in [0.1, 0.15) is 0 Å². The van der Waals surface area contributed by atoms with Gasteiger partial charge in [0, 0.05) is 6.10 Å². The van der Waals surface area contributed by atoms with Gasteiger partial charge in [-0.1, -0.05) is 20.8 Å². The molecular weight excluding hydrogens is 232 g/mol. The second kappa shape index (κ2) is 3.82. The first kappa shape index (κ1) is 13.1. The topological polar surface area (TPSA) is 46.5 Å². The Morgan fingerprint density at radius 3 is 2.06 bits per heavy atom. The van der Waals surface area contributed by atoms with E-state index in [0.29, 0.717) is 17.9 Å². The number of carbonyl (C=O) groups is 1. The molecule has 0 spiro atoms. The van der Waals surface area contributed by atoms with Crippen LogP contribution in [-0.2, 0) is 9.22 Å². The maximum Gasteiger partial charge on any atom is 0.307 e. The van der Waals surface area contributed by atoms with Crippen molar-refractivity contribution in [1.82, 2.24) is 0 Å². The van der Waals surface area contributed by atoms with Crippen molar-refractivity contribution >= 4 is 14.3 Å². The lowest BCUT2D eigenvalue weighted by atomic mass is 10.1. The van der Waals surface area contributed by atoms with Gasteiger partial charge in [0.2, 0.25) is 0 Å². The third-order valence-corrected chi connectivity index (χ3v) is 9.49. The highest BCUT2D eigenvalue weighted by Crippen LogP contribution is 2.59. The monoisotopic (exact) mass is 256 g/mol. The van der Waals surface area contributed by atoms with Crippen molar-refractivity contribution in [3.05, 3.63) is 0 Å². The van der Waals surface area contributed by atoms with Gasteiger partial charge < -0.3 is 9.53 Å². The Kier molecular flexibility index (Phi) is 2.94. The van der Waals surface area contributed by atoms with Gasteiger partial charge in [-0.25, -0.2) is 0 Å². The van der Waals surface area contributed by atoms with Gasteiger partial charge in [-0.2, -0.15) is 0 Å². The predicted molar refractivity (Wildman–Crippen MR) is 69.4 cm³/mol. The number of rotatable bonds is 3. The summed E-state index contributed by atoms with van der Waals surface area (Å²) in [6.07, 6.45) is 2.25. The first-order valence-corrected chi connectivity index (χ1v) is 9.45. The molecule has 2 unspecified atom stereocenters. The maximum atomic E-state index is 10.9. The molecule has 2 atom stereocenters. The van der Waals surface area contributed by atoms with E-state index < -0.39 is 14.3 Å². The molecule has 17 heavy (non-hydrogen) atoms. The summed E-state index contributed by atoms with van der Waals surface area (Å²) in [5.41, 5.74) is 0. The van der Waals surface area contributed by atoms with Crippen LogP contribution in [0.25, 0.3) is 0 Å². The Bertz CT molecular complexity index is 320. The lowest BCUT2D eigenvalue weighted by molar-refractivity contribution is -0.139. The molecule has 0 aliphatic heterocycles. The van der Waals surface area contributed by atoms with E-state index in [4.69, 9.17) is 9.53 Å². The van der Waals surface area contributed by atoms with Gasteiger partial charge in [-0.05, 0) is 42.8 Å². The van der Waals surface area contributed by atoms with E-state index in [1.807, 2.05) is 0 Å². The molecule has 3 nitrogen and oxygen atoms in total. The highest BCUT2D eigenvalue weighted by Gasteiger charge is 2.60. The van der Waals surface area contributed by atoms with Crippen molar-refractivity contribution in [1.29, 1.82) is 0 Å². The zero-order valence-electron chi connectivity index (χ0n) is 11.5. The van der Waals surface area contributed by atoms with Gasteiger partial charge in [0.05, 0.1) is 5.92 Å². The molecule has 2 fully saturated rings. The first-order chi connectivity index (χ1) is 7.63. The number of hydrogen-bond acceptors (Lipinski definition) is 2. The normalized spacial score (nSPS) is 36.8. The van der Waals surface area contributed by atoms with E-state index in [2.05, 4.69) is 33.9 Å². The first-order valence-electron chi connectivity index (χ1n) is 6.54. The summed E-state index contributed by atoms with van der Waals surface area (Å²) in [7, 11) is -1.68. The van der Waals surface area contributed by atoms with Crippen LogP contribution in [0.4, 0.5) is 0 Å². The number of carboxylic acid groups (broad SMARTS) is 1. The van der Waals surface area contributed by atoms with Crippen LogP contribution in [0, 0.1) is 17.8 Å². The van der Waals surface area contributed by atoms with Crippen LogP contribution < -0.4 is 0 Å². The molecule has 98 valence electrons. The Labute approximate surface area is 105 Å². The van der Waals surface area contributed by atoms with Gasteiger partial charge in [0.15, 0.2) is 8.32 Å². The average molecular weight is 256 g/mol. The minimum absolute atomic E-state index is 0.0609. The van der Waals surface area contributed by atoms with Gasteiger partial charge in [-0.15, -0.1) is 0 Å². The summed E-state index contributed by atoms with van der Waals surface area (Å²) in [6, 6.07) is 0. The molecule has 0 heterocycles. The standard InChI is InChI=1S/C13H24O3Si/c1-13(2,3)17(4,5)16-8-6-9-10(7-8)11(9)12(14)15/h8-11H,6-7H2,1-5H3,(H,14,15). The summed E-state index contributed by atoms with van der Waals surface area (Å²) < 4.78 is 6.34. The molecule has 1 N–H and O–H groups in total. The smallest absolute Gasteiger partial charge is 0.307 e. The fraction of sp³-hybridized carbons (Fsp3) is 0.923. The van der Waals surface area contributed by atoms with Crippen molar-refractivity contribution in [2.24, 2.45) is 17.8 Å². The Balaban J connectivity index is 1.88. The zero-order valence-corrected chi connectivity index (χ0v) is 12.5. The molecule has 0 radical (unpaired) electrons. The molecule has 4 heteroatoms. The fourth-order valence-corrected chi connectivity index (χ4v) is 4.23. The highest BCUT2D eigenvalue weighted by atomic mass is 28.4. The molecule has 2 aliphatic rings. The lowest BCUT2D eigenvalue weighted by Gasteiger charge is -2.38. The molecule has 0 aromatic rings. The van der Waals surface area contributed by atoms with E-state index in [1.165, 1.54) is 0 Å². The molecule has 2 aliphatic carbocycles. The highest BCUT2D eigenvalue weighted by molar-refractivity contribution is 6.74. The summed E-state index contributed by atoms with van der Waals surface area (Å²) >= 11 is 0. The van der Waals surface area contributed by atoms with Crippen molar-refractivity contribution in [3.63, 3.8) is 0 Å². The number of carboxylic acids is 1. The SMILES string of the molecule is CC(C)(C)[Si](C)(C)OC1CC2C(C1)C2C(=O)O. The molecule has 0 aromatic heterocycles. The van der Waals surface area contributed by atoms with Crippen molar-refractivity contribution in [2.45, 2.75) is 57.8 Å². The molecule has 2 rings (SSSR count). The lowest BCUT2D eigenvalue weighted by Crippen LogP contribution is -2.43. The molecule has 0 amide bonds. The van der Waals surface area contributed by atoms with Crippen molar-refractivity contribution in [3.8, 4) is 0 Å². The minimum Gasteiger partial charge on any atom is -0.481 e. The van der Waals surface area contributed by atoms with Gasteiger partial charge >= 0.3 is 5.97 Å². The summed E-state index contributed by atoms with van der Waals surface area (Å²) in [5.74, 6) is 0.143. The number of aliphatic carboxylic acids is 1. The molecule has 2 saturated carbocycles. The molecule has 0 saturated heterocycles. The summed E-state index contributed by atoms with van der Waals surface area (Å²) in [5, 5.41) is 9.22. The number of fused-ring (bicyclic) bond motifs is 1. The second-order valence-electron chi connectivity index (χ2n) is 7.16. The zero-order chi connectivity index (χ0) is 13.0. The van der Waals surface area contributed by atoms with Crippen LogP contribution in [0.2, 0.25) is 18.1 Å². The Morgan fingerprint density at radius 2 is 1.71 bits per heavy atom. The number of hydrogen-bond donors (Lipinski definition) is 1. The summed E-state index contributed by atoms with van der Waals surface area (Å²) in [6.45, 7) is 11.3. The van der Waals surface area contributed by atoms with Crippen LogP contribution in [0.1, 0.15) is 33.6 Å². The fourth-order valence-electron chi connectivity index (χ4n) is 2.85. The Hall–Kier alpha value is -0.353. The van der Waals surface area contributed by atoms with Crippen LogP contribution in [0.15, 0.2) is 0 Å². The van der Waals surface area contributed by atoms with E-state index >= 15 is 0 Å². The minimum atomic E-state index is -1.68. The predicted octanol–water partition coefficient (Wildman–Crippen LogP) is 3.12. The third-order valence-electron chi connectivity index (χ3n) is 4.95. The van der Waals surface area contributed by atoms with Gasteiger partial charge in [0.25, 0.3) is 0 Å². The van der Waals surface area contributed by atoms with Crippen LogP contribution in [-0.4, -0.2) is 25.5 Å². The largest absolute Gasteiger partial charge is 0.481 e. The molecule has 0 aromatic carbocycles. The van der Waals surface area contributed by atoms with Crippen LogP contribution >= 0.6 is 0 Å². The van der Waals surface area contributed by atoms with Crippen LogP contribution in [0.5, 0.6) is 0 Å². The van der Waals surface area contributed by atoms with Crippen molar-refractivity contribution < 1.29 is 14.3 Å². The van der Waals surface area contributed by atoms with E-state index in [0.717, 1.165) is 12.8 Å². The van der Waals surface area contributed by atoms with Gasteiger partial charge in [-0.3, -0.25) is 4.79 Å². The van der Waals surface area contributed by atoms with E-state index in [9.17, 15) is 4.79 Å². The maximum absolute atomic E-state index is 10.9. The molecular formula is C13H24O3Si. The third kappa shape index (κ3) is 2.29. The Morgan fingerprint density at radius 1 is 1.24 bits per heavy atom. The average Bonchev–Trinajstić information content (AvgIpc) is 2.62. The van der Waals surface area contributed by atoms with E-state index in [1.54, 1.807) is 0 Å². The molecule has 0 bridgehead atoms. The van der Waals surface area contributed by atoms with Crippen LogP contribution in [0.3, 0.4) is 0 Å². The van der Waals surface area contributed by atoms with E-state index in [-0.39, 0.29) is 11.0 Å². The summed E-state index contributed by atoms with van der Waals surface area (Å²) in [4.78, 5) is 10.9. The van der Waals surface area contributed by atoms with Crippen molar-refractivity contribution in [2.75, 3.05) is 0 Å².